The van der Waals surface area contributed by atoms with E-state index >= 15 is 0 Å². The van der Waals surface area contributed by atoms with Gasteiger partial charge in [0, 0.05) is 4.90 Å². The van der Waals surface area contributed by atoms with Crippen molar-refractivity contribution in [1.29, 1.82) is 0 Å². The highest BCUT2D eigenvalue weighted by Gasteiger charge is 1.95. The van der Waals surface area contributed by atoms with E-state index in [1.54, 1.807) is 25.3 Å². The maximum Gasteiger partial charge on any atom is 0.120 e. The Morgan fingerprint density at radius 3 is 2.70 bits per heavy atom. The molecule has 10 heavy (non-hydrogen) atoms. The number of halogens is 1. The van der Waals surface area contributed by atoms with Gasteiger partial charge in [0.25, 0.3) is 0 Å². The van der Waals surface area contributed by atoms with E-state index in [1.165, 1.54) is 0 Å². The van der Waals surface area contributed by atoms with Gasteiger partial charge >= 0.3 is 0 Å². The summed E-state index contributed by atoms with van der Waals surface area (Å²) in [5.41, 5.74) is 0. The highest BCUT2D eigenvalue weighted by Crippen LogP contribution is 2.24. The maximum absolute atomic E-state index is 5.71. The Morgan fingerprint density at radius 2 is 2.20 bits per heavy atom. The van der Waals surface area contributed by atoms with E-state index in [1.807, 2.05) is 0 Å². The van der Waals surface area contributed by atoms with Gasteiger partial charge in [0.05, 0.1) is 12.1 Å². The molecule has 0 spiro atoms. The van der Waals surface area contributed by atoms with Crippen molar-refractivity contribution in [2.24, 2.45) is 0 Å². The van der Waals surface area contributed by atoms with Crippen molar-refractivity contribution in [2.45, 2.75) is 4.90 Å². The normalized spacial score (nSPS) is 9.50. The van der Waals surface area contributed by atoms with E-state index in [2.05, 4.69) is 12.6 Å². The molecule has 0 unspecified atom stereocenters. The molecule has 0 aliphatic carbocycles. The van der Waals surface area contributed by atoms with Crippen molar-refractivity contribution in [3.05, 3.63) is 23.2 Å². The molecule has 0 bridgehead atoms. The second-order valence-electron chi connectivity index (χ2n) is 1.82. The van der Waals surface area contributed by atoms with Gasteiger partial charge in [-0.05, 0) is 18.2 Å². The third-order valence-corrected chi connectivity index (χ3v) is 1.98. The number of hydrogen-bond donors (Lipinski definition) is 1. The third kappa shape index (κ3) is 1.58. The Kier molecular flexibility index (Phi) is 2.46. The highest BCUT2D eigenvalue weighted by molar-refractivity contribution is 7.80. The Hall–Kier alpha value is -0.340. The molecule has 1 aromatic rings. The Balaban J connectivity index is 3.04. The molecule has 0 saturated carbocycles. The minimum absolute atomic E-state index is 0.643. The van der Waals surface area contributed by atoms with Crippen molar-refractivity contribution in [3.63, 3.8) is 0 Å². The zero-order valence-corrected chi connectivity index (χ0v) is 7.12. The fourth-order valence-corrected chi connectivity index (χ4v) is 0.939. The molecule has 0 heterocycles. The van der Waals surface area contributed by atoms with Crippen molar-refractivity contribution in [1.82, 2.24) is 0 Å². The second-order valence-corrected chi connectivity index (χ2v) is 2.71. The molecule has 1 rings (SSSR count). The van der Waals surface area contributed by atoms with Crippen molar-refractivity contribution < 1.29 is 4.74 Å². The minimum atomic E-state index is 0.643. The number of methoxy groups -OCH3 is 1. The lowest BCUT2D eigenvalue weighted by Gasteiger charge is -2.00. The fourth-order valence-electron chi connectivity index (χ4n) is 0.619. The quantitative estimate of drug-likeness (QED) is 0.644. The Labute approximate surface area is 70.4 Å². The molecule has 54 valence electrons. The molecule has 0 aliphatic rings. The van der Waals surface area contributed by atoms with Gasteiger partial charge in [-0.25, -0.2) is 0 Å². The van der Waals surface area contributed by atoms with E-state index in [9.17, 15) is 0 Å². The monoisotopic (exact) mass is 174 g/mol. The van der Waals surface area contributed by atoms with Gasteiger partial charge in [-0.15, -0.1) is 12.6 Å². The van der Waals surface area contributed by atoms with E-state index in [4.69, 9.17) is 16.3 Å². The summed E-state index contributed by atoms with van der Waals surface area (Å²) in [5, 5.41) is 0.643. The predicted molar refractivity (Wildman–Crippen MR) is 45.3 cm³/mol. The van der Waals surface area contributed by atoms with Crippen molar-refractivity contribution >= 4 is 24.2 Å². The summed E-state index contributed by atoms with van der Waals surface area (Å²) < 4.78 is 4.94. The summed E-state index contributed by atoms with van der Waals surface area (Å²) in [6.45, 7) is 0. The van der Waals surface area contributed by atoms with Crippen LogP contribution in [0.5, 0.6) is 5.75 Å². The maximum atomic E-state index is 5.71. The van der Waals surface area contributed by atoms with Crippen molar-refractivity contribution in [3.8, 4) is 5.75 Å². The van der Waals surface area contributed by atoms with E-state index in [-0.39, 0.29) is 0 Å². The molecule has 0 atom stereocenters. The average molecular weight is 175 g/mol. The first-order valence-electron chi connectivity index (χ1n) is 2.76. The molecule has 3 heteroatoms. The summed E-state index contributed by atoms with van der Waals surface area (Å²) in [5.74, 6) is 0.773. The summed E-state index contributed by atoms with van der Waals surface area (Å²) in [7, 11) is 1.61. The SMILES string of the molecule is COc1ccc(Cl)c(S)c1. The van der Waals surface area contributed by atoms with Crippen LogP contribution in [0.25, 0.3) is 0 Å². The zero-order chi connectivity index (χ0) is 7.56. The van der Waals surface area contributed by atoms with Gasteiger partial charge in [-0.1, -0.05) is 11.6 Å². The number of thiol groups is 1. The molecule has 0 amide bonds. The number of benzene rings is 1. The van der Waals surface area contributed by atoms with Crippen LogP contribution in [0.15, 0.2) is 23.1 Å². The lowest BCUT2D eigenvalue weighted by Crippen LogP contribution is -1.81. The fraction of sp³-hybridized carbons (Fsp3) is 0.143. The highest BCUT2D eigenvalue weighted by atomic mass is 35.5. The smallest absolute Gasteiger partial charge is 0.120 e. The standard InChI is InChI=1S/C7H7ClOS/c1-9-5-2-3-6(8)7(10)4-5/h2-4,10H,1H3. The zero-order valence-electron chi connectivity index (χ0n) is 5.47. The Bertz CT molecular complexity index is 237. The number of hydrogen-bond acceptors (Lipinski definition) is 2. The van der Waals surface area contributed by atoms with Crippen LogP contribution in [0.3, 0.4) is 0 Å². The molecule has 0 fully saturated rings. The molecule has 0 saturated heterocycles. The third-order valence-electron chi connectivity index (χ3n) is 1.15. The summed E-state index contributed by atoms with van der Waals surface area (Å²) in [6.07, 6.45) is 0. The van der Waals surface area contributed by atoms with Crippen LogP contribution in [-0.2, 0) is 0 Å². The largest absolute Gasteiger partial charge is 0.497 e. The van der Waals surface area contributed by atoms with Crippen LogP contribution >= 0.6 is 24.2 Å². The van der Waals surface area contributed by atoms with E-state index in [0.717, 1.165) is 10.6 Å². The molecular weight excluding hydrogens is 168 g/mol. The van der Waals surface area contributed by atoms with Crippen LogP contribution in [-0.4, -0.2) is 7.11 Å². The van der Waals surface area contributed by atoms with Gasteiger partial charge in [-0.2, -0.15) is 0 Å². The van der Waals surface area contributed by atoms with Gasteiger partial charge in [0.1, 0.15) is 5.75 Å². The average Bonchev–Trinajstić information content (AvgIpc) is 1.95. The molecule has 1 nitrogen and oxygen atoms in total. The number of rotatable bonds is 1. The summed E-state index contributed by atoms with van der Waals surface area (Å²) >= 11 is 9.82. The summed E-state index contributed by atoms with van der Waals surface area (Å²) in [6, 6.07) is 5.32. The first kappa shape index (κ1) is 7.76. The van der Waals surface area contributed by atoms with Gasteiger partial charge < -0.3 is 4.74 Å². The van der Waals surface area contributed by atoms with Crippen LogP contribution in [0, 0.1) is 0 Å². The molecule has 0 radical (unpaired) electrons. The van der Waals surface area contributed by atoms with Gasteiger partial charge in [0.15, 0.2) is 0 Å². The predicted octanol–water partition coefficient (Wildman–Crippen LogP) is 2.64. The van der Waals surface area contributed by atoms with Crippen molar-refractivity contribution in [2.75, 3.05) is 7.11 Å². The van der Waals surface area contributed by atoms with Gasteiger partial charge in [0.2, 0.25) is 0 Å². The molecule has 1 aromatic carbocycles. The first-order chi connectivity index (χ1) is 4.74. The van der Waals surface area contributed by atoms with Crippen LogP contribution in [0.2, 0.25) is 5.02 Å². The molecular formula is C7H7ClOS. The van der Waals surface area contributed by atoms with E-state index in [0.29, 0.717) is 5.02 Å². The number of ether oxygens (including phenoxy) is 1. The Morgan fingerprint density at radius 1 is 1.50 bits per heavy atom. The topological polar surface area (TPSA) is 9.23 Å². The van der Waals surface area contributed by atoms with Crippen LogP contribution in [0.1, 0.15) is 0 Å². The lowest BCUT2D eigenvalue weighted by molar-refractivity contribution is 0.414. The van der Waals surface area contributed by atoms with Gasteiger partial charge in [-0.3, -0.25) is 0 Å². The van der Waals surface area contributed by atoms with Crippen LogP contribution in [0.4, 0.5) is 0 Å². The van der Waals surface area contributed by atoms with E-state index < -0.39 is 0 Å². The molecule has 0 N–H and O–H groups in total. The first-order valence-corrected chi connectivity index (χ1v) is 3.59. The second kappa shape index (κ2) is 3.17. The molecule has 0 aliphatic heterocycles. The summed E-state index contributed by atoms with van der Waals surface area (Å²) in [4.78, 5) is 0.737. The van der Waals surface area contributed by atoms with Crippen LogP contribution < -0.4 is 4.74 Å². The molecule has 0 aromatic heterocycles. The minimum Gasteiger partial charge on any atom is -0.497 e. The lowest BCUT2D eigenvalue weighted by atomic mass is 10.3.